The molecule has 1 nitrogen and oxygen atoms in total. The van der Waals surface area contributed by atoms with Crippen LogP contribution in [-0.4, -0.2) is 19.1 Å². The Morgan fingerprint density at radius 3 is 2.57 bits per heavy atom. The number of aryl methyl sites for hydroxylation is 2. The third-order valence-electron chi connectivity index (χ3n) is 2.98. The molecule has 0 amide bonds. The van der Waals surface area contributed by atoms with Crippen molar-refractivity contribution in [3.05, 3.63) is 34.9 Å². The predicted molar refractivity (Wildman–Crippen MR) is 59.1 cm³/mol. The lowest BCUT2D eigenvalue weighted by molar-refractivity contribution is -0.0483. The Morgan fingerprint density at radius 1 is 1.36 bits per heavy atom. The minimum Gasteiger partial charge on any atom is -0.379 e. The van der Waals surface area contributed by atoms with Crippen molar-refractivity contribution in [2.24, 2.45) is 0 Å². The van der Waals surface area contributed by atoms with E-state index in [0.717, 1.165) is 13.2 Å². The van der Waals surface area contributed by atoms with Crippen LogP contribution in [-0.2, 0) is 10.2 Å². The van der Waals surface area contributed by atoms with Gasteiger partial charge < -0.3 is 4.74 Å². The molecule has 0 saturated carbocycles. The van der Waals surface area contributed by atoms with E-state index in [2.05, 4.69) is 32.0 Å². The van der Waals surface area contributed by atoms with E-state index in [1.165, 1.54) is 16.7 Å². The van der Waals surface area contributed by atoms with Gasteiger partial charge in [0.25, 0.3) is 0 Å². The van der Waals surface area contributed by atoms with Gasteiger partial charge in [0.15, 0.2) is 0 Å². The molecule has 1 fully saturated rings. The number of ether oxygens (including phenoxy) is 1. The van der Waals surface area contributed by atoms with Crippen molar-refractivity contribution in [3.8, 4) is 0 Å². The average Bonchev–Trinajstić information content (AvgIpc) is 2.10. The van der Waals surface area contributed by atoms with Gasteiger partial charge >= 0.3 is 0 Å². The van der Waals surface area contributed by atoms with Gasteiger partial charge in [0.1, 0.15) is 0 Å². The van der Waals surface area contributed by atoms with E-state index in [4.69, 9.17) is 16.3 Å². The van der Waals surface area contributed by atoms with E-state index >= 15 is 0 Å². The Kier molecular flexibility index (Phi) is 2.54. The molecular weight excluding hydrogens is 196 g/mol. The van der Waals surface area contributed by atoms with E-state index in [-0.39, 0.29) is 5.41 Å². The molecule has 1 aliphatic heterocycles. The lowest BCUT2D eigenvalue weighted by Gasteiger charge is -2.41. The van der Waals surface area contributed by atoms with Crippen LogP contribution >= 0.6 is 11.6 Å². The summed E-state index contributed by atoms with van der Waals surface area (Å²) >= 11 is 6.04. The first-order valence-corrected chi connectivity index (χ1v) is 5.43. The normalized spacial score (nSPS) is 19.1. The van der Waals surface area contributed by atoms with Crippen LogP contribution in [0.5, 0.6) is 0 Å². The molecule has 2 rings (SSSR count). The maximum atomic E-state index is 6.04. The van der Waals surface area contributed by atoms with Crippen molar-refractivity contribution in [1.29, 1.82) is 0 Å². The fourth-order valence-electron chi connectivity index (χ4n) is 1.96. The molecule has 0 spiro atoms. The highest BCUT2D eigenvalue weighted by Crippen LogP contribution is 2.35. The molecule has 0 N–H and O–H groups in total. The van der Waals surface area contributed by atoms with Gasteiger partial charge in [-0.25, -0.2) is 0 Å². The molecule has 1 aromatic rings. The molecule has 1 heterocycles. The van der Waals surface area contributed by atoms with Gasteiger partial charge in [-0.2, -0.15) is 0 Å². The van der Waals surface area contributed by atoms with Gasteiger partial charge in [-0.1, -0.05) is 23.8 Å². The van der Waals surface area contributed by atoms with E-state index in [1.54, 1.807) is 0 Å². The third kappa shape index (κ3) is 1.45. The Labute approximate surface area is 90.0 Å². The summed E-state index contributed by atoms with van der Waals surface area (Å²) in [7, 11) is 0. The minimum absolute atomic E-state index is 0.0810. The molecule has 1 aromatic carbocycles. The van der Waals surface area contributed by atoms with E-state index in [1.807, 2.05) is 0 Å². The zero-order chi connectivity index (χ0) is 10.2. The number of hydrogen-bond acceptors (Lipinski definition) is 1. The standard InChI is InChI=1S/C12H15ClO/c1-9-3-4-10(2)11(5-9)12(6-13)7-14-8-12/h3-5H,6-8H2,1-2H3. The monoisotopic (exact) mass is 210 g/mol. The number of benzene rings is 1. The fraction of sp³-hybridized carbons (Fsp3) is 0.500. The van der Waals surface area contributed by atoms with Crippen molar-refractivity contribution in [2.45, 2.75) is 19.3 Å². The summed E-state index contributed by atoms with van der Waals surface area (Å²) in [5.74, 6) is 0.650. The summed E-state index contributed by atoms with van der Waals surface area (Å²) < 4.78 is 5.29. The average molecular weight is 211 g/mol. The molecule has 0 aromatic heterocycles. The zero-order valence-corrected chi connectivity index (χ0v) is 9.40. The second-order valence-corrected chi connectivity index (χ2v) is 4.49. The van der Waals surface area contributed by atoms with Gasteiger partial charge in [0.05, 0.1) is 18.6 Å². The molecule has 0 bridgehead atoms. The van der Waals surface area contributed by atoms with E-state index in [0.29, 0.717) is 5.88 Å². The largest absolute Gasteiger partial charge is 0.379 e. The molecule has 1 aliphatic rings. The Bertz CT molecular complexity index is 337. The minimum atomic E-state index is 0.0810. The van der Waals surface area contributed by atoms with Gasteiger partial charge in [0.2, 0.25) is 0 Å². The third-order valence-corrected chi connectivity index (χ3v) is 3.49. The summed E-state index contributed by atoms with van der Waals surface area (Å²) in [6.07, 6.45) is 0. The van der Waals surface area contributed by atoms with Crippen molar-refractivity contribution < 1.29 is 4.74 Å². The number of rotatable bonds is 2. The van der Waals surface area contributed by atoms with Crippen LogP contribution in [0.4, 0.5) is 0 Å². The van der Waals surface area contributed by atoms with Crippen LogP contribution in [0.3, 0.4) is 0 Å². The van der Waals surface area contributed by atoms with E-state index < -0.39 is 0 Å². The Morgan fingerprint density at radius 2 is 2.07 bits per heavy atom. The molecule has 2 heteroatoms. The molecule has 0 radical (unpaired) electrons. The number of hydrogen-bond donors (Lipinski definition) is 0. The Hall–Kier alpha value is -0.530. The molecular formula is C12H15ClO. The van der Waals surface area contributed by atoms with Crippen molar-refractivity contribution >= 4 is 11.6 Å². The van der Waals surface area contributed by atoms with Crippen LogP contribution in [0.15, 0.2) is 18.2 Å². The lowest BCUT2D eigenvalue weighted by Crippen LogP contribution is -2.48. The van der Waals surface area contributed by atoms with Crippen molar-refractivity contribution in [1.82, 2.24) is 0 Å². The molecule has 0 atom stereocenters. The second kappa shape index (κ2) is 3.56. The quantitative estimate of drug-likeness (QED) is 0.683. The van der Waals surface area contributed by atoms with Gasteiger partial charge in [-0.05, 0) is 25.0 Å². The van der Waals surface area contributed by atoms with Gasteiger partial charge in [-0.15, -0.1) is 11.6 Å². The molecule has 1 saturated heterocycles. The first-order chi connectivity index (χ1) is 6.68. The topological polar surface area (TPSA) is 9.23 Å². The van der Waals surface area contributed by atoms with Crippen molar-refractivity contribution in [2.75, 3.05) is 19.1 Å². The number of halogens is 1. The first kappa shape index (κ1) is 10.0. The predicted octanol–water partition coefficient (Wildman–Crippen LogP) is 2.81. The molecule has 76 valence electrons. The molecule has 0 unspecified atom stereocenters. The summed E-state index contributed by atoms with van der Waals surface area (Å²) in [5, 5.41) is 0. The van der Waals surface area contributed by atoms with Crippen LogP contribution in [0.1, 0.15) is 16.7 Å². The van der Waals surface area contributed by atoms with E-state index in [9.17, 15) is 0 Å². The molecule has 0 aliphatic carbocycles. The fourth-order valence-corrected chi connectivity index (χ4v) is 2.26. The maximum absolute atomic E-state index is 6.04. The summed E-state index contributed by atoms with van der Waals surface area (Å²) in [4.78, 5) is 0. The van der Waals surface area contributed by atoms with Crippen LogP contribution in [0.25, 0.3) is 0 Å². The van der Waals surface area contributed by atoms with Crippen molar-refractivity contribution in [3.63, 3.8) is 0 Å². The highest BCUT2D eigenvalue weighted by molar-refractivity contribution is 6.18. The zero-order valence-electron chi connectivity index (χ0n) is 8.64. The Balaban J connectivity index is 2.43. The smallest absolute Gasteiger partial charge is 0.0597 e. The highest BCUT2D eigenvalue weighted by Gasteiger charge is 2.40. The highest BCUT2D eigenvalue weighted by atomic mass is 35.5. The van der Waals surface area contributed by atoms with Gasteiger partial charge in [0, 0.05) is 5.88 Å². The second-order valence-electron chi connectivity index (χ2n) is 4.23. The SMILES string of the molecule is Cc1ccc(C)c(C2(CCl)COC2)c1. The lowest BCUT2D eigenvalue weighted by atomic mass is 9.78. The maximum Gasteiger partial charge on any atom is 0.0597 e. The number of alkyl halides is 1. The van der Waals surface area contributed by atoms with Crippen LogP contribution < -0.4 is 0 Å². The van der Waals surface area contributed by atoms with Gasteiger partial charge in [-0.3, -0.25) is 0 Å². The first-order valence-electron chi connectivity index (χ1n) is 4.89. The van der Waals surface area contributed by atoms with Crippen LogP contribution in [0.2, 0.25) is 0 Å². The summed E-state index contributed by atoms with van der Waals surface area (Å²) in [6, 6.07) is 6.54. The molecule has 14 heavy (non-hydrogen) atoms. The summed E-state index contributed by atoms with van der Waals surface area (Å²) in [5.41, 5.74) is 4.05. The summed E-state index contributed by atoms with van der Waals surface area (Å²) in [6.45, 7) is 5.79. The van der Waals surface area contributed by atoms with Crippen LogP contribution in [0, 0.1) is 13.8 Å².